The van der Waals surface area contributed by atoms with Gasteiger partial charge in [-0.15, -0.1) is 0 Å². The Morgan fingerprint density at radius 3 is 2.47 bits per heavy atom. The van der Waals surface area contributed by atoms with Crippen molar-refractivity contribution in [1.82, 2.24) is 15.8 Å². The molecule has 0 aliphatic carbocycles. The van der Waals surface area contributed by atoms with E-state index in [1.807, 2.05) is 0 Å². The van der Waals surface area contributed by atoms with Crippen LogP contribution in [0.4, 0.5) is 4.79 Å². The Bertz CT molecular complexity index is 220. The summed E-state index contributed by atoms with van der Waals surface area (Å²) in [6.07, 6.45) is 0.229. The van der Waals surface area contributed by atoms with Crippen LogP contribution in [0, 0.1) is 0 Å². The molecule has 1 unspecified atom stereocenters. The maximum absolute atomic E-state index is 11.2. The van der Waals surface area contributed by atoms with Crippen LogP contribution in [0.25, 0.3) is 0 Å². The van der Waals surface area contributed by atoms with Gasteiger partial charge in [-0.1, -0.05) is 0 Å². The molecule has 0 spiro atoms. The Morgan fingerprint density at radius 2 is 2.07 bits per heavy atom. The minimum absolute atomic E-state index is 0.229. The highest BCUT2D eigenvalue weighted by Crippen LogP contribution is 1.92. The number of carbonyl (C=O) groups is 2. The predicted molar refractivity (Wildman–Crippen MR) is 53.3 cm³/mol. The molecule has 0 aliphatic heterocycles. The zero-order valence-electron chi connectivity index (χ0n) is 9.11. The van der Waals surface area contributed by atoms with Gasteiger partial charge >= 0.3 is 12.0 Å². The van der Waals surface area contributed by atoms with Crippen molar-refractivity contribution in [2.45, 2.75) is 12.5 Å². The van der Waals surface area contributed by atoms with Gasteiger partial charge in [-0.25, -0.2) is 14.6 Å². The Balaban J connectivity index is 4.04. The van der Waals surface area contributed by atoms with Gasteiger partial charge in [0.05, 0.1) is 0 Å². The molecule has 7 nitrogen and oxygen atoms in total. The maximum atomic E-state index is 11.2. The SMILES string of the molecule is COCCC(NC(=O)NN(C)C)C(=O)O. The summed E-state index contributed by atoms with van der Waals surface area (Å²) in [6, 6.07) is -1.49. The van der Waals surface area contributed by atoms with E-state index in [9.17, 15) is 9.59 Å². The third-order valence-corrected chi connectivity index (χ3v) is 1.54. The largest absolute Gasteiger partial charge is 0.480 e. The molecule has 7 heteroatoms. The lowest BCUT2D eigenvalue weighted by molar-refractivity contribution is -0.139. The molecular formula is C8H17N3O4. The standard InChI is InChI=1S/C8H17N3O4/c1-11(2)10-8(14)9-6(7(12)13)4-5-15-3/h6H,4-5H2,1-3H3,(H,12,13)(H2,9,10,14). The molecular weight excluding hydrogens is 202 g/mol. The molecule has 0 radical (unpaired) electrons. The summed E-state index contributed by atoms with van der Waals surface area (Å²) < 4.78 is 4.74. The normalized spacial score (nSPS) is 12.3. The Kier molecular flexibility index (Phi) is 6.39. The van der Waals surface area contributed by atoms with Crippen molar-refractivity contribution in [2.75, 3.05) is 27.8 Å². The quantitative estimate of drug-likeness (QED) is 0.511. The van der Waals surface area contributed by atoms with Gasteiger partial charge in [0.2, 0.25) is 0 Å². The molecule has 1 atom stereocenters. The number of carboxylic acids is 1. The first-order valence-electron chi connectivity index (χ1n) is 4.43. The van der Waals surface area contributed by atoms with E-state index in [0.29, 0.717) is 0 Å². The number of hydrogen-bond acceptors (Lipinski definition) is 4. The van der Waals surface area contributed by atoms with Crippen LogP contribution in [0.5, 0.6) is 0 Å². The van der Waals surface area contributed by atoms with E-state index in [1.165, 1.54) is 12.1 Å². The van der Waals surface area contributed by atoms with Crippen LogP contribution in [0.1, 0.15) is 6.42 Å². The summed E-state index contributed by atoms with van der Waals surface area (Å²) in [4.78, 5) is 21.9. The van der Waals surface area contributed by atoms with E-state index in [1.54, 1.807) is 14.1 Å². The van der Waals surface area contributed by atoms with Crippen molar-refractivity contribution >= 4 is 12.0 Å². The fourth-order valence-corrected chi connectivity index (χ4v) is 0.887. The molecule has 0 saturated carbocycles. The van der Waals surface area contributed by atoms with Gasteiger partial charge in [0.1, 0.15) is 6.04 Å². The molecule has 3 N–H and O–H groups in total. The summed E-state index contributed by atoms with van der Waals surface area (Å²) in [6.45, 7) is 0.277. The summed E-state index contributed by atoms with van der Waals surface area (Å²) in [7, 11) is 4.73. The van der Waals surface area contributed by atoms with Crippen LogP contribution >= 0.6 is 0 Å². The Hall–Kier alpha value is -1.34. The van der Waals surface area contributed by atoms with Gasteiger partial charge in [0.15, 0.2) is 0 Å². The Morgan fingerprint density at radius 1 is 1.47 bits per heavy atom. The highest BCUT2D eigenvalue weighted by atomic mass is 16.5. The van der Waals surface area contributed by atoms with Gasteiger partial charge in [-0.2, -0.15) is 0 Å². The number of hydrogen-bond donors (Lipinski definition) is 3. The second kappa shape index (κ2) is 7.02. The highest BCUT2D eigenvalue weighted by Gasteiger charge is 2.19. The number of nitrogens with zero attached hydrogens (tertiary/aromatic N) is 1. The lowest BCUT2D eigenvalue weighted by atomic mass is 10.2. The first-order chi connectivity index (χ1) is 6.97. The van der Waals surface area contributed by atoms with Crippen LogP contribution in [0.15, 0.2) is 0 Å². The van der Waals surface area contributed by atoms with Crippen molar-refractivity contribution in [3.05, 3.63) is 0 Å². The molecule has 0 aromatic carbocycles. The molecule has 2 amide bonds. The lowest BCUT2D eigenvalue weighted by Crippen LogP contribution is -2.50. The molecule has 0 aromatic rings. The van der Waals surface area contributed by atoms with E-state index < -0.39 is 18.0 Å². The van der Waals surface area contributed by atoms with Crippen molar-refractivity contribution < 1.29 is 19.4 Å². The highest BCUT2D eigenvalue weighted by molar-refractivity contribution is 5.82. The summed E-state index contributed by atoms with van der Waals surface area (Å²) in [5.74, 6) is -1.08. The number of carboxylic acid groups (broad SMARTS) is 1. The molecule has 0 saturated heterocycles. The van der Waals surface area contributed by atoms with Gasteiger partial charge in [-0.3, -0.25) is 5.43 Å². The second-order valence-electron chi connectivity index (χ2n) is 3.15. The van der Waals surface area contributed by atoms with E-state index in [-0.39, 0.29) is 13.0 Å². The van der Waals surface area contributed by atoms with E-state index in [4.69, 9.17) is 9.84 Å². The zero-order chi connectivity index (χ0) is 11.8. The average Bonchev–Trinajstić information content (AvgIpc) is 2.10. The van der Waals surface area contributed by atoms with Gasteiger partial charge in [0, 0.05) is 34.2 Å². The monoisotopic (exact) mass is 219 g/mol. The first-order valence-corrected chi connectivity index (χ1v) is 4.43. The molecule has 0 aliphatic rings. The van der Waals surface area contributed by atoms with Crippen molar-refractivity contribution in [3.63, 3.8) is 0 Å². The number of amides is 2. The van der Waals surface area contributed by atoms with Crippen molar-refractivity contribution in [2.24, 2.45) is 0 Å². The van der Waals surface area contributed by atoms with Crippen LogP contribution < -0.4 is 10.7 Å². The molecule has 15 heavy (non-hydrogen) atoms. The first kappa shape index (κ1) is 13.7. The number of carbonyl (C=O) groups excluding carboxylic acids is 1. The van der Waals surface area contributed by atoms with Crippen LogP contribution in [0.3, 0.4) is 0 Å². The number of ether oxygens (including phenoxy) is 1. The number of rotatable bonds is 6. The van der Waals surface area contributed by atoms with E-state index in [2.05, 4.69) is 10.7 Å². The number of hydrazine groups is 1. The van der Waals surface area contributed by atoms with Crippen LogP contribution in [0.2, 0.25) is 0 Å². The average molecular weight is 219 g/mol. The maximum Gasteiger partial charge on any atom is 0.330 e. The molecule has 0 heterocycles. The minimum atomic E-state index is -1.08. The summed E-state index contributed by atoms with van der Waals surface area (Å²) in [5.41, 5.74) is 2.38. The number of methoxy groups -OCH3 is 1. The van der Waals surface area contributed by atoms with E-state index >= 15 is 0 Å². The molecule has 0 rings (SSSR count). The van der Waals surface area contributed by atoms with E-state index in [0.717, 1.165) is 0 Å². The van der Waals surface area contributed by atoms with Crippen molar-refractivity contribution in [3.8, 4) is 0 Å². The second-order valence-corrected chi connectivity index (χ2v) is 3.15. The van der Waals surface area contributed by atoms with Gasteiger partial charge < -0.3 is 15.2 Å². The number of urea groups is 1. The van der Waals surface area contributed by atoms with Crippen molar-refractivity contribution in [1.29, 1.82) is 0 Å². The molecule has 0 fully saturated rings. The lowest BCUT2D eigenvalue weighted by Gasteiger charge is -2.17. The topological polar surface area (TPSA) is 90.9 Å². The van der Waals surface area contributed by atoms with Gasteiger partial charge in [0.25, 0.3) is 0 Å². The predicted octanol–water partition coefficient (Wildman–Crippen LogP) is -0.748. The summed E-state index contributed by atoms with van der Waals surface area (Å²) in [5, 5.41) is 12.5. The number of nitrogens with one attached hydrogen (secondary N) is 2. The molecule has 0 aromatic heterocycles. The van der Waals surface area contributed by atoms with Crippen LogP contribution in [-0.2, 0) is 9.53 Å². The third kappa shape index (κ3) is 6.69. The minimum Gasteiger partial charge on any atom is -0.480 e. The number of aliphatic carboxylic acids is 1. The van der Waals surface area contributed by atoms with Crippen LogP contribution in [-0.4, -0.2) is 56.0 Å². The fraction of sp³-hybridized carbons (Fsp3) is 0.750. The fourth-order valence-electron chi connectivity index (χ4n) is 0.887. The molecule has 0 bridgehead atoms. The smallest absolute Gasteiger partial charge is 0.330 e. The Labute approximate surface area is 88.4 Å². The zero-order valence-corrected chi connectivity index (χ0v) is 9.11. The molecule has 88 valence electrons. The third-order valence-electron chi connectivity index (χ3n) is 1.54. The summed E-state index contributed by atoms with van der Waals surface area (Å²) >= 11 is 0. The van der Waals surface area contributed by atoms with Gasteiger partial charge in [-0.05, 0) is 0 Å².